The van der Waals surface area contributed by atoms with Crippen molar-refractivity contribution in [2.45, 2.75) is 26.3 Å². The Labute approximate surface area is 138 Å². The Hall–Kier alpha value is -1.32. The molecule has 21 heavy (non-hydrogen) atoms. The fourth-order valence-electron chi connectivity index (χ4n) is 2.08. The number of carbonyl (C=O) groups excluding carboxylic acids is 1. The van der Waals surface area contributed by atoms with E-state index in [0.717, 1.165) is 16.5 Å². The van der Waals surface area contributed by atoms with Crippen LogP contribution >= 0.6 is 27.5 Å². The zero-order valence-electron chi connectivity index (χ0n) is 12.0. The quantitative estimate of drug-likeness (QED) is 0.796. The number of halogens is 2. The number of aryl methyl sites for hydroxylation is 1. The number of hydrogen-bond donors (Lipinski definition) is 1. The Balaban J connectivity index is 2.12. The van der Waals surface area contributed by atoms with Crippen LogP contribution in [0.1, 0.15) is 41.4 Å². The molecule has 2 aromatic carbocycles. The highest BCUT2D eigenvalue weighted by molar-refractivity contribution is 9.10. The molecule has 1 unspecified atom stereocenters. The van der Waals surface area contributed by atoms with E-state index in [1.165, 1.54) is 5.56 Å². The van der Waals surface area contributed by atoms with Crippen LogP contribution in [-0.2, 0) is 6.42 Å². The molecule has 0 saturated heterocycles. The molecule has 0 saturated carbocycles. The van der Waals surface area contributed by atoms with E-state index >= 15 is 0 Å². The second-order valence-corrected chi connectivity index (χ2v) is 6.12. The van der Waals surface area contributed by atoms with Gasteiger partial charge in [0.2, 0.25) is 0 Å². The summed E-state index contributed by atoms with van der Waals surface area (Å²) in [4.78, 5) is 12.3. The van der Waals surface area contributed by atoms with Crippen molar-refractivity contribution in [1.82, 2.24) is 5.32 Å². The maximum atomic E-state index is 12.3. The normalized spacial score (nSPS) is 12.0. The molecule has 1 atom stereocenters. The molecule has 2 aromatic rings. The van der Waals surface area contributed by atoms with E-state index in [-0.39, 0.29) is 11.9 Å². The molecular formula is C17H17BrClNO. The fourth-order valence-corrected chi connectivity index (χ4v) is 2.66. The number of carbonyl (C=O) groups is 1. The van der Waals surface area contributed by atoms with E-state index in [9.17, 15) is 4.79 Å². The predicted molar refractivity (Wildman–Crippen MR) is 90.9 cm³/mol. The van der Waals surface area contributed by atoms with Crippen molar-refractivity contribution in [3.63, 3.8) is 0 Å². The van der Waals surface area contributed by atoms with E-state index < -0.39 is 0 Å². The second kappa shape index (κ2) is 7.10. The lowest BCUT2D eigenvalue weighted by Gasteiger charge is -2.15. The highest BCUT2D eigenvalue weighted by Gasteiger charge is 2.15. The minimum absolute atomic E-state index is 0.0709. The molecule has 0 aliphatic heterocycles. The third-order valence-electron chi connectivity index (χ3n) is 3.43. The summed E-state index contributed by atoms with van der Waals surface area (Å²) in [6.07, 6.45) is 1.01. The van der Waals surface area contributed by atoms with Gasteiger partial charge in [-0.2, -0.15) is 0 Å². The van der Waals surface area contributed by atoms with E-state index in [1.54, 1.807) is 12.1 Å². The van der Waals surface area contributed by atoms with Crippen LogP contribution in [0.3, 0.4) is 0 Å². The molecule has 2 rings (SSSR count). The van der Waals surface area contributed by atoms with Crippen molar-refractivity contribution in [3.05, 3.63) is 68.7 Å². The topological polar surface area (TPSA) is 29.1 Å². The van der Waals surface area contributed by atoms with Gasteiger partial charge in [-0.1, -0.05) is 48.9 Å². The summed E-state index contributed by atoms with van der Waals surface area (Å²) in [5, 5.41) is 3.41. The summed E-state index contributed by atoms with van der Waals surface area (Å²) in [6, 6.07) is 13.5. The Bertz CT molecular complexity index is 640. The van der Waals surface area contributed by atoms with E-state index in [1.807, 2.05) is 25.1 Å². The number of hydrogen-bond acceptors (Lipinski definition) is 1. The van der Waals surface area contributed by atoms with Gasteiger partial charge in [-0.25, -0.2) is 0 Å². The van der Waals surface area contributed by atoms with Gasteiger partial charge in [0.1, 0.15) is 0 Å². The van der Waals surface area contributed by atoms with Gasteiger partial charge in [0.15, 0.2) is 0 Å². The molecule has 0 radical (unpaired) electrons. The lowest BCUT2D eigenvalue weighted by atomic mass is 10.0. The van der Waals surface area contributed by atoms with Crippen molar-refractivity contribution < 1.29 is 4.79 Å². The maximum absolute atomic E-state index is 12.3. The number of benzene rings is 2. The molecule has 0 heterocycles. The number of nitrogens with one attached hydrogen (secondary N) is 1. The standard InChI is InChI=1S/C17H17BrClNO/c1-3-12-7-9-13(10-8-12)11(2)20-17(21)14-5-4-6-15(18)16(14)19/h4-11H,3H2,1-2H3,(H,20,21). The van der Waals surface area contributed by atoms with Gasteiger partial charge in [-0.15, -0.1) is 0 Å². The average molecular weight is 367 g/mol. The summed E-state index contributed by atoms with van der Waals surface area (Å²) in [7, 11) is 0. The largest absolute Gasteiger partial charge is 0.345 e. The zero-order chi connectivity index (χ0) is 15.4. The van der Waals surface area contributed by atoms with Crippen molar-refractivity contribution in [3.8, 4) is 0 Å². The fraction of sp³-hybridized carbons (Fsp3) is 0.235. The maximum Gasteiger partial charge on any atom is 0.253 e. The van der Waals surface area contributed by atoms with Crippen molar-refractivity contribution in [2.75, 3.05) is 0 Å². The van der Waals surface area contributed by atoms with E-state index in [0.29, 0.717) is 10.6 Å². The molecule has 0 bridgehead atoms. The monoisotopic (exact) mass is 365 g/mol. The van der Waals surface area contributed by atoms with Gasteiger partial charge >= 0.3 is 0 Å². The molecule has 0 fully saturated rings. The highest BCUT2D eigenvalue weighted by atomic mass is 79.9. The first kappa shape index (κ1) is 16.1. The van der Waals surface area contributed by atoms with Crippen molar-refractivity contribution >= 4 is 33.4 Å². The molecule has 0 aliphatic carbocycles. The van der Waals surface area contributed by atoms with Gasteiger partial charge in [0.05, 0.1) is 16.6 Å². The SMILES string of the molecule is CCc1ccc(C(C)NC(=O)c2cccc(Br)c2Cl)cc1. The van der Waals surface area contributed by atoms with E-state index in [4.69, 9.17) is 11.6 Å². The van der Waals surface area contributed by atoms with Crippen molar-refractivity contribution in [1.29, 1.82) is 0 Å². The molecular weight excluding hydrogens is 350 g/mol. The Kier molecular flexibility index (Phi) is 5.43. The van der Waals surface area contributed by atoms with Crippen LogP contribution in [0.5, 0.6) is 0 Å². The molecule has 4 heteroatoms. The lowest BCUT2D eigenvalue weighted by molar-refractivity contribution is 0.0940. The van der Waals surface area contributed by atoms with Gasteiger partial charge in [0.25, 0.3) is 5.91 Å². The minimum atomic E-state index is -0.173. The van der Waals surface area contributed by atoms with Crippen LogP contribution in [0.15, 0.2) is 46.9 Å². The molecule has 1 amide bonds. The van der Waals surface area contributed by atoms with Crippen LogP contribution in [0.2, 0.25) is 5.02 Å². The summed E-state index contributed by atoms with van der Waals surface area (Å²) in [6.45, 7) is 4.08. The number of rotatable bonds is 4. The third kappa shape index (κ3) is 3.86. The Morgan fingerprint density at radius 2 is 1.90 bits per heavy atom. The first-order valence-electron chi connectivity index (χ1n) is 6.86. The first-order valence-corrected chi connectivity index (χ1v) is 8.03. The summed E-state index contributed by atoms with van der Waals surface area (Å²) in [5.41, 5.74) is 2.84. The molecule has 1 N–H and O–H groups in total. The summed E-state index contributed by atoms with van der Waals surface area (Å²) in [5.74, 6) is -0.173. The average Bonchev–Trinajstić information content (AvgIpc) is 2.50. The van der Waals surface area contributed by atoms with Crippen LogP contribution < -0.4 is 5.32 Å². The first-order chi connectivity index (χ1) is 10.0. The van der Waals surface area contributed by atoms with E-state index in [2.05, 4.69) is 40.3 Å². The van der Waals surface area contributed by atoms with Crippen LogP contribution in [0.25, 0.3) is 0 Å². The zero-order valence-corrected chi connectivity index (χ0v) is 14.3. The lowest BCUT2D eigenvalue weighted by Crippen LogP contribution is -2.26. The summed E-state index contributed by atoms with van der Waals surface area (Å²) >= 11 is 9.48. The minimum Gasteiger partial charge on any atom is -0.345 e. The highest BCUT2D eigenvalue weighted by Crippen LogP contribution is 2.26. The Morgan fingerprint density at radius 1 is 1.24 bits per heavy atom. The molecule has 0 aliphatic rings. The summed E-state index contributed by atoms with van der Waals surface area (Å²) < 4.78 is 0.719. The molecule has 0 spiro atoms. The molecule has 0 aromatic heterocycles. The third-order valence-corrected chi connectivity index (χ3v) is 4.73. The van der Waals surface area contributed by atoms with Gasteiger partial charge in [-0.3, -0.25) is 4.79 Å². The van der Waals surface area contributed by atoms with Crippen LogP contribution in [-0.4, -0.2) is 5.91 Å². The van der Waals surface area contributed by atoms with Gasteiger partial charge in [-0.05, 0) is 52.5 Å². The Morgan fingerprint density at radius 3 is 2.52 bits per heavy atom. The molecule has 2 nitrogen and oxygen atoms in total. The van der Waals surface area contributed by atoms with Crippen LogP contribution in [0.4, 0.5) is 0 Å². The van der Waals surface area contributed by atoms with Gasteiger partial charge in [0, 0.05) is 4.47 Å². The number of amides is 1. The second-order valence-electron chi connectivity index (χ2n) is 4.89. The smallest absolute Gasteiger partial charge is 0.253 e. The molecule has 110 valence electrons. The van der Waals surface area contributed by atoms with Crippen molar-refractivity contribution in [2.24, 2.45) is 0 Å². The van der Waals surface area contributed by atoms with Crippen LogP contribution in [0, 0.1) is 0 Å². The predicted octanol–water partition coefficient (Wildman–Crippen LogP) is 5.16. The van der Waals surface area contributed by atoms with Gasteiger partial charge < -0.3 is 5.32 Å².